The van der Waals surface area contributed by atoms with Crippen molar-refractivity contribution in [1.82, 2.24) is 4.98 Å². The van der Waals surface area contributed by atoms with Crippen LogP contribution in [0.15, 0.2) is 72.3 Å². The summed E-state index contributed by atoms with van der Waals surface area (Å²) in [5.41, 5.74) is 3.34. The third-order valence-corrected chi connectivity index (χ3v) is 9.31. The molecule has 1 fully saturated rings. The van der Waals surface area contributed by atoms with Crippen LogP contribution in [0.2, 0.25) is 0 Å². The van der Waals surface area contributed by atoms with Crippen molar-refractivity contribution >= 4 is 39.7 Å². The lowest BCUT2D eigenvalue weighted by molar-refractivity contribution is -0.132. The number of Topliss-reactive ketones (excluding diaryl/α,β-unsaturated/α-hetero) is 2. The second-order valence-electron chi connectivity index (χ2n) is 11.3. The van der Waals surface area contributed by atoms with Gasteiger partial charge in [-0.25, -0.2) is 4.98 Å². The maximum Gasteiger partial charge on any atom is 0.301 e. The molecule has 0 spiro atoms. The molecule has 47 heavy (non-hydrogen) atoms. The molecule has 1 N–H and O–H groups in total. The molecule has 0 aliphatic carbocycles. The number of hydrogen-bond donors (Lipinski definition) is 1. The predicted molar refractivity (Wildman–Crippen MR) is 182 cm³/mol. The normalized spacial score (nSPS) is 15.6. The monoisotopic (exact) mass is 654 g/mol. The Hall–Kier alpha value is -4.96. The summed E-state index contributed by atoms with van der Waals surface area (Å²) >= 11 is 1.03. The fourth-order valence-electron chi connectivity index (χ4n) is 5.46. The summed E-state index contributed by atoms with van der Waals surface area (Å²) in [4.78, 5) is 45.8. The smallest absolute Gasteiger partial charge is 0.301 e. The number of anilines is 1. The van der Waals surface area contributed by atoms with E-state index < -0.39 is 17.7 Å². The number of carbonyl (C=O) groups is 3. The van der Waals surface area contributed by atoms with Gasteiger partial charge in [0.1, 0.15) is 18.1 Å². The van der Waals surface area contributed by atoms with Gasteiger partial charge >= 0.3 is 5.91 Å². The topological polar surface area (TPSA) is 115 Å². The number of aliphatic hydroxyl groups excluding tert-OH is 1. The molecule has 2 heterocycles. The Kier molecular flexibility index (Phi) is 10.4. The number of benzene rings is 3. The summed E-state index contributed by atoms with van der Waals surface area (Å²) in [6.45, 7) is 8.12. The maximum absolute atomic E-state index is 13.7. The summed E-state index contributed by atoms with van der Waals surface area (Å²) in [6, 6.07) is 18.7. The Morgan fingerprint density at radius 1 is 0.979 bits per heavy atom. The summed E-state index contributed by atoms with van der Waals surface area (Å²) in [5, 5.41) is 11.8. The number of carbonyl (C=O) groups excluding carboxylic acids is 3. The number of rotatable bonds is 13. The van der Waals surface area contributed by atoms with E-state index in [1.54, 1.807) is 49.4 Å². The highest BCUT2D eigenvalue weighted by atomic mass is 32.1. The summed E-state index contributed by atoms with van der Waals surface area (Å²) in [5.74, 6) is -0.762. The van der Waals surface area contributed by atoms with Crippen molar-refractivity contribution in [3.05, 3.63) is 105 Å². The van der Waals surface area contributed by atoms with Crippen LogP contribution >= 0.6 is 11.3 Å². The first-order valence-corrected chi connectivity index (χ1v) is 16.3. The first-order chi connectivity index (χ1) is 22.6. The van der Waals surface area contributed by atoms with Crippen LogP contribution in [0.4, 0.5) is 5.13 Å². The van der Waals surface area contributed by atoms with E-state index in [4.69, 9.17) is 14.2 Å². The van der Waals surface area contributed by atoms with Crippen molar-refractivity contribution < 1.29 is 33.7 Å². The van der Waals surface area contributed by atoms with Gasteiger partial charge in [0, 0.05) is 12.5 Å². The third-order valence-electron chi connectivity index (χ3n) is 8.05. The summed E-state index contributed by atoms with van der Waals surface area (Å²) < 4.78 is 17.6. The molecule has 5 rings (SSSR count). The number of ketones is 2. The third kappa shape index (κ3) is 7.07. The first-order valence-electron chi connectivity index (χ1n) is 15.5. The average molecular weight is 655 g/mol. The standard InChI is InChI=1S/C37H38N2O7S/c1-6-7-10-19-45-29-18-15-26(20-30(29)44-5)32-31(34(42)36(43)39(32)37-38-23(3)35(47-37)24(4)40)33(41)25-13-16-28(17-14-25)46-21-27-12-9-8-11-22(27)2/h8-9,11-18,20,32,41H,6-7,10,19,21H2,1-5H3. The van der Waals surface area contributed by atoms with E-state index in [-0.39, 0.29) is 22.2 Å². The zero-order chi connectivity index (χ0) is 33.7. The maximum atomic E-state index is 13.7. The first kappa shape index (κ1) is 33.4. The van der Waals surface area contributed by atoms with E-state index >= 15 is 0 Å². The van der Waals surface area contributed by atoms with Crippen molar-refractivity contribution in [2.75, 3.05) is 18.6 Å². The minimum absolute atomic E-state index is 0.112. The minimum atomic E-state index is -1.06. The van der Waals surface area contributed by atoms with Gasteiger partial charge in [-0.3, -0.25) is 19.3 Å². The molecule has 0 saturated carbocycles. The van der Waals surface area contributed by atoms with Crippen LogP contribution in [-0.4, -0.2) is 41.3 Å². The van der Waals surface area contributed by atoms with Gasteiger partial charge in [0.2, 0.25) is 0 Å². The van der Waals surface area contributed by atoms with Crippen LogP contribution in [0.1, 0.15) is 76.8 Å². The van der Waals surface area contributed by atoms with Crippen molar-refractivity contribution in [1.29, 1.82) is 0 Å². The van der Waals surface area contributed by atoms with Crippen molar-refractivity contribution in [3.8, 4) is 17.2 Å². The van der Waals surface area contributed by atoms with Gasteiger partial charge in [0.15, 0.2) is 22.4 Å². The molecule has 1 amide bonds. The van der Waals surface area contributed by atoms with Gasteiger partial charge in [0.05, 0.1) is 35.9 Å². The van der Waals surface area contributed by atoms with Crippen LogP contribution in [0, 0.1) is 13.8 Å². The second-order valence-corrected chi connectivity index (χ2v) is 12.3. The molecule has 1 atom stereocenters. The highest BCUT2D eigenvalue weighted by molar-refractivity contribution is 7.18. The Morgan fingerprint density at radius 2 is 1.72 bits per heavy atom. The Bertz CT molecular complexity index is 1830. The molecule has 3 aromatic carbocycles. The largest absolute Gasteiger partial charge is 0.507 e. The van der Waals surface area contributed by atoms with E-state index in [1.807, 2.05) is 31.2 Å². The van der Waals surface area contributed by atoms with Gasteiger partial charge < -0.3 is 19.3 Å². The molecule has 9 nitrogen and oxygen atoms in total. The SMILES string of the molecule is CCCCCOc1ccc(C2C(=C(O)c3ccc(OCc4ccccc4C)cc3)C(=O)C(=O)N2c2nc(C)c(C(C)=O)s2)cc1OC. The molecular weight excluding hydrogens is 616 g/mol. The molecule has 4 aromatic rings. The lowest BCUT2D eigenvalue weighted by Gasteiger charge is -2.24. The molecule has 1 aromatic heterocycles. The summed E-state index contributed by atoms with van der Waals surface area (Å²) in [7, 11) is 1.51. The molecule has 0 radical (unpaired) electrons. The van der Waals surface area contributed by atoms with E-state index in [1.165, 1.54) is 18.9 Å². The lowest BCUT2D eigenvalue weighted by Crippen LogP contribution is -2.29. The second kappa shape index (κ2) is 14.6. The number of aromatic nitrogens is 1. The highest BCUT2D eigenvalue weighted by Gasteiger charge is 2.48. The molecule has 1 saturated heterocycles. The van der Waals surface area contributed by atoms with Crippen molar-refractivity contribution in [2.45, 2.75) is 59.6 Å². The highest BCUT2D eigenvalue weighted by Crippen LogP contribution is 2.45. The van der Waals surface area contributed by atoms with Gasteiger partial charge in [-0.05, 0) is 73.4 Å². The molecule has 10 heteroatoms. The van der Waals surface area contributed by atoms with Crippen LogP contribution in [0.25, 0.3) is 5.76 Å². The molecule has 1 aliphatic rings. The molecule has 1 unspecified atom stereocenters. The Morgan fingerprint density at radius 3 is 2.38 bits per heavy atom. The van der Waals surface area contributed by atoms with E-state index in [2.05, 4.69) is 11.9 Å². The van der Waals surface area contributed by atoms with Gasteiger partial charge in [0.25, 0.3) is 5.78 Å². The molecular formula is C37H38N2O7S. The van der Waals surface area contributed by atoms with Crippen LogP contribution < -0.4 is 19.1 Å². The average Bonchev–Trinajstić information content (AvgIpc) is 3.58. The number of thiazole rings is 1. The number of amides is 1. The van der Waals surface area contributed by atoms with E-state index in [0.29, 0.717) is 52.2 Å². The van der Waals surface area contributed by atoms with Gasteiger partial charge in [-0.1, -0.05) is 61.4 Å². The van der Waals surface area contributed by atoms with E-state index in [0.717, 1.165) is 41.7 Å². The fourth-order valence-corrected chi connectivity index (χ4v) is 6.45. The number of unbranched alkanes of at least 4 members (excludes halogenated alkanes) is 2. The predicted octanol–water partition coefficient (Wildman–Crippen LogP) is 7.75. The van der Waals surface area contributed by atoms with Crippen molar-refractivity contribution in [3.63, 3.8) is 0 Å². The zero-order valence-electron chi connectivity index (χ0n) is 27.2. The fraction of sp³-hybridized carbons (Fsp3) is 0.297. The quantitative estimate of drug-likeness (QED) is 0.0512. The van der Waals surface area contributed by atoms with Crippen molar-refractivity contribution in [2.24, 2.45) is 0 Å². The zero-order valence-corrected chi connectivity index (χ0v) is 28.0. The Labute approximate surface area is 278 Å². The van der Waals surface area contributed by atoms with Gasteiger partial charge in [-0.2, -0.15) is 0 Å². The number of aliphatic hydroxyl groups is 1. The number of methoxy groups -OCH3 is 1. The van der Waals surface area contributed by atoms with Crippen LogP contribution in [0.3, 0.4) is 0 Å². The number of ether oxygens (including phenoxy) is 3. The number of aryl methyl sites for hydroxylation is 2. The Balaban J connectivity index is 1.54. The summed E-state index contributed by atoms with van der Waals surface area (Å²) in [6.07, 6.45) is 2.98. The van der Waals surface area contributed by atoms with Gasteiger partial charge in [-0.15, -0.1) is 0 Å². The van der Waals surface area contributed by atoms with Crippen LogP contribution in [-0.2, 0) is 16.2 Å². The molecule has 1 aliphatic heterocycles. The molecule has 244 valence electrons. The number of nitrogens with zero attached hydrogens (tertiary/aromatic N) is 2. The van der Waals surface area contributed by atoms with E-state index in [9.17, 15) is 19.5 Å². The molecule has 0 bridgehead atoms. The minimum Gasteiger partial charge on any atom is -0.507 e. The van der Waals surface area contributed by atoms with Crippen LogP contribution in [0.5, 0.6) is 17.2 Å². The number of hydrogen-bond acceptors (Lipinski definition) is 9. The lowest BCUT2D eigenvalue weighted by atomic mass is 9.95.